The summed E-state index contributed by atoms with van der Waals surface area (Å²) in [6, 6.07) is 6.34. The molecule has 0 bridgehead atoms. The van der Waals surface area contributed by atoms with Crippen LogP contribution in [0.25, 0.3) is 0 Å². The summed E-state index contributed by atoms with van der Waals surface area (Å²) in [6.07, 6.45) is 0. The predicted octanol–water partition coefficient (Wildman–Crippen LogP) is -0.0335. The predicted molar refractivity (Wildman–Crippen MR) is 69.6 cm³/mol. The van der Waals surface area contributed by atoms with Crippen molar-refractivity contribution in [1.29, 1.82) is 0 Å². The van der Waals surface area contributed by atoms with Crippen molar-refractivity contribution in [2.45, 2.75) is 26.3 Å². The molecule has 0 fully saturated rings. The zero-order valence-electron chi connectivity index (χ0n) is 11.1. The molecule has 0 aromatic heterocycles. The Morgan fingerprint density at radius 2 is 2.00 bits per heavy atom. The van der Waals surface area contributed by atoms with Crippen LogP contribution < -0.4 is 10.3 Å². The van der Waals surface area contributed by atoms with E-state index in [1.165, 1.54) is 6.07 Å². The van der Waals surface area contributed by atoms with Gasteiger partial charge in [-0.25, -0.2) is 10.1 Å². The van der Waals surface area contributed by atoms with Gasteiger partial charge in [0.1, 0.15) is 5.56 Å². The lowest BCUT2D eigenvalue weighted by Gasteiger charge is -2.17. The zero-order valence-corrected chi connectivity index (χ0v) is 11.1. The molecule has 1 aliphatic rings. The van der Waals surface area contributed by atoms with Crippen LogP contribution in [0.1, 0.15) is 26.3 Å². The van der Waals surface area contributed by atoms with Crippen LogP contribution >= 0.6 is 0 Å². The van der Waals surface area contributed by atoms with Crippen molar-refractivity contribution in [3.05, 3.63) is 39.9 Å². The third kappa shape index (κ3) is 2.09. The monoisotopic (exact) mass is 262 g/mol. The number of nitrogens with one attached hydrogen (secondary N) is 2. The summed E-state index contributed by atoms with van der Waals surface area (Å²) in [6.45, 7) is 5.64. The average Bonchev–Trinajstić information content (AvgIpc) is 2.67. The standard InChI is InChI=1S/C13H15N3O3/c1-8(2)13(3)12(17)14-11(15-13)9-6-4-5-7-10(9)16(18)19/h4-8H,1-3H3,(H,14,15,17)/p+1/t13-/m0/s1. The Labute approximate surface area is 110 Å². The highest BCUT2D eigenvalue weighted by Gasteiger charge is 2.49. The summed E-state index contributed by atoms with van der Waals surface area (Å²) in [4.78, 5) is 25.7. The highest BCUT2D eigenvalue weighted by molar-refractivity contribution is 6.11. The first-order chi connectivity index (χ1) is 8.86. The maximum absolute atomic E-state index is 12.0. The fourth-order valence-corrected chi connectivity index (χ4v) is 1.98. The van der Waals surface area contributed by atoms with Gasteiger partial charge in [-0.05, 0) is 13.0 Å². The first kappa shape index (κ1) is 13.2. The maximum atomic E-state index is 12.0. The minimum Gasteiger partial charge on any atom is -0.258 e. The van der Waals surface area contributed by atoms with Crippen LogP contribution in [0.5, 0.6) is 0 Å². The summed E-state index contributed by atoms with van der Waals surface area (Å²) >= 11 is 0. The molecule has 2 N–H and O–H groups in total. The molecule has 1 aromatic rings. The number of hydrogen-bond donors (Lipinski definition) is 2. The number of carbonyl (C=O) groups excluding carboxylic acids is 1. The molecule has 6 nitrogen and oxygen atoms in total. The normalized spacial score (nSPS) is 22.3. The molecule has 100 valence electrons. The molecular formula is C13H16N3O3+. The number of nitro groups is 1. The van der Waals surface area contributed by atoms with Crippen molar-refractivity contribution in [2.75, 3.05) is 0 Å². The van der Waals surface area contributed by atoms with Crippen LogP contribution in [0.3, 0.4) is 0 Å². The van der Waals surface area contributed by atoms with Crippen molar-refractivity contribution in [1.82, 2.24) is 5.32 Å². The number of amides is 1. The fourth-order valence-electron chi connectivity index (χ4n) is 1.98. The highest BCUT2D eigenvalue weighted by atomic mass is 16.6. The van der Waals surface area contributed by atoms with Crippen molar-refractivity contribution >= 4 is 17.4 Å². The van der Waals surface area contributed by atoms with Gasteiger partial charge >= 0.3 is 5.91 Å². The molecule has 0 saturated carbocycles. The number of rotatable bonds is 3. The Bertz CT molecular complexity index is 580. The number of amidine groups is 1. The Morgan fingerprint density at radius 1 is 1.37 bits per heavy atom. The van der Waals surface area contributed by atoms with Crippen LogP contribution in [0, 0.1) is 16.0 Å². The Balaban J connectivity index is 2.51. The van der Waals surface area contributed by atoms with Crippen LogP contribution in [0.15, 0.2) is 24.3 Å². The van der Waals surface area contributed by atoms with Crippen LogP contribution in [0.2, 0.25) is 0 Å². The first-order valence-corrected chi connectivity index (χ1v) is 6.06. The van der Waals surface area contributed by atoms with E-state index >= 15 is 0 Å². The van der Waals surface area contributed by atoms with Crippen molar-refractivity contribution in [3.8, 4) is 0 Å². The van der Waals surface area contributed by atoms with E-state index in [2.05, 4.69) is 10.3 Å². The van der Waals surface area contributed by atoms with E-state index in [4.69, 9.17) is 0 Å². The van der Waals surface area contributed by atoms with E-state index in [1.807, 2.05) is 13.8 Å². The van der Waals surface area contributed by atoms with Gasteiger partial charge in [-0.15, -0.1) is 0 Å². The van der Waals surface area contributed by atoms with E-state index in [1.54, 1.807) is 25.1 Å². The topological polar surface area (TPSA) is 86.2 Å². The van der Waals surface area contributed by atoms with Gasteiger partial charge in [-0.1, -0.05) is 26.0 Å². The average molecular weight is 262 g/mol. The van der Waals surface area contributed by atoms with E-state index in [0.717, 1.165) is 0 Å². The largest absolute Gasteiger partial charge is 0.355 e. The van der Waals surface area contributed by atoms with Gasteiger partial charge in [-0.2, -0.15) is 0 Å². The second-order valence-corrected chi connectivity index (χ2v) is 5.09. The van der Waals surface area contributed by atoms with Gasteiger partial charge in [0, 0.05) is 12.0 Å². The number of hydrogen-bond acceptors (Lipinski definition) is 3. The second kappa shape index (κ2) is 4.46. The summed E-state index contributed by atoms with van der Waals surface area (Å²) in [7, 11) is 0. The summed E-state index contributed by atoms with van der Waals surface area (Å²) in [5, 5.41) is 13.7. The van der Waals surface area contributed by atoms with E-state index in [0.29, 0.717) is 11.4 Å². The molecule has 1 amide bonds. The van der Waals surface area contributed by atoms with Crippen LogP contribution in [0.4, 0.5) is 5.69 Å². The molecule has 0 spiro atoms. The molecule has 1 atom stereocenters. The molecule has 0 unspecified atom stereocenters. The SMILES string of the molecule is CC(C)[C@]1(C)[NH+]=C(c2ccccc2[N+](=O)[O-])NC1=O. The first-order valence-electron chi connectivity index (χ1n) is 6.06. The van der Waals surface area contributed by atoms with Gasteiger partial charge in [0.2, 0.25) is 5.54 Å². The Hall–Kier alpha value is -2.24. The lowest BCUT2D eigenvalue weighted by atomic mass is 9.89. The third-order valence-electron chi connectivity index (χ3n) is 3.62. The van der Waals surface area contributed by atoms with Crippen LogP contribution in [-0.4, -0.2) is 22.2 Å². The molecule has 0 aliphatic carbocycles. The molecule has 0 radical (unpaired) electrons. The minimum atomic E-state index is -0.751. The van der Waals surface area contributed by atoms with E-state index < -0.39 is 10.5 Å². The van der Waals surface area contributed by atoms with E-state index in [-0.39, 0.29) is 17.5 Å². The zero-order chi connectivity index (χ0) is 14.2. The molecule has 19 heavy (non-hydrogen) atoms. The third-order valence-corrected chi connectivity index (χ3v) is 3.62. The summed E-state index contributed by atoms with van der Waals surface area (Å²) in [5.41, 5.74) is -0.387. The van der Waals surface area contributed by atoms with Gasteiger partial charge < -0.3 is 0 Å². The fraction of sp³-hybridized carbons (Fsp3) is 0.385. The lowest BCUT2D eigenvalue weighted by Crippen LogP contribution is -2.86. The minimum absolute atomic E-state index is 0.0293. The highest BCUT2D eigenvalue weighted by Crippen LogP contribution is 2.19. The molecule has 6 heteroatoms. The Morgan fingerprint density at radius 3 is 2.53 bits per heavy atom. The molecule has 0 saturated heterocycles. The number of para-hydroxylation sites is 1. The smallest absolute Gasteiger partial charge is 0.258 e. The van der Waals surface area contributed by atoms with Gasteiger partial charge in [0.25, 0.3) is 11.5 Å². The molecule has 1 aromatic carbocycles. The number of carbonyl (C=O) groups is 1. The van der Waals surface area contributed by atoms with Gasteiger partial charge in [-0.3, -0.25) is 15.1 Å². The molecular weight excluding hydrogens is 246 g/mol. The second-order valence-electron chi connectivity index (χ2n) is 5.09. The van der Waals surface area contributed by atoms with Crippen molar-refractivity contribution < 1.29 is 14.7 Å². The number of nitrogens with zero attached hydrogens (tertiary/aromatic N) is 1. The lowest BCUT2D eigenvalue weighted by molar-refractivity contribution is -0.533. The molecule has 2 rings (SSSR count). The molecule has 1 heterocycles. The number of nitro benzene ring substituents is 1. The quantitative estimate of drug-likeness (QED) is 0.592. The van der Waals surface area contributed by atoms with Gasteiger partial charge in [0.15, 0.2) is 0 Å². The van der Waals surface area contributed by atoms with E-state index in [9.17, 15) is 14.9 Å². The van der Waals surface area contributed by atoms with Gasteiger partial charge in [0.05, 0.1) is 4.92 Å². The summed E-state index contributed by atoms with van der Waals surface area (Å²) in [5.74, 6) is 0.289. The van der Waals surface area contributed by atoms with Crippen LogP contribution in [-0.2, 0) is 4.79 Å². The summed E-state index contributed by atoms with van der Waals surface area (Å²) < 4.78 is 0. The maximum Gasteiger partial charge on any atom is 0.355 e. The van der Waals surface area contributed by atoms with Crippen molar-refractivity contribution in [2.24, 2.45) is 5.92 Å². The number of benzene rings is 1. The Kier molecular flexibility index (Phi) is 3.09. The van der Waals surface area contributed by atoms with Crippen molar-refractivity contribution in [3.63, 3.8) is 0 Å². The molecule has 1 aliphatic heterocycles.